The van der Waals surface area contributed by atoms with Gasteiger partial charge < -0.3 is 4.57 Å². The van der Waals surface area contributed by atoms with Crippen molar-refractivity contribution >= 4 is 11.0 Å². The molecule has 21 heavy (non-hydrogen) atoms. The average Bonchev–Trinajstić information content (AvgIpc) is 2.86. The second-order valence-corrected chi connectivity index (χ2v) is 4.90. The fourth-order valence-electron chi connectivity index (χ4n) is 2.57. The number of aryl methyl sites for hydroxylation is 1. The highest BCUT2D eigenvalue weighted by molar-refractivity contribution is 5.76. The lowest BCUT2D eigenvalue weighted by molar-refractivity contribution is 0.599. The van der Waals surface area contributed by atoms with Crippen molar-refractivity contribution in [2.75, 3.05) is 6.54 Å². The molecule has 4 nitrogen and oxygen atoms in total. The van der Waals surface area contributed by atoms with Gasteiger partial charge in [0.05, 0.1) is 29.7 Å². The number of hydrogen-bond donors (Lipinski definition) is 1. The molecular weight excluding hydrogens is 260 g/mol. The monoisotopic (exact) mass is 276 g/mol. The Balaban J connectivity index is 2.10. The molecule has 3 aromatic rings. The van der Waals surface area contributed by atoms with Gasteiger partial charge in [0.15, 0.2) is 0 Å². The topological polar surface area (TPSA) is 53.6 Å². The van der Waals surface area contributed by atoms with Crippen molar-refractivity contribution in [3.63, 3.8) is 0 Å². The molecule has 4 heteroatoms. The van der Waals surface area contributed by atoms with Crippen LogP contribution in [0.15, 0.2) is 54.6 Å². The van der Waals surface area contributed by atoms with E-state index in [1.807, 2.05) is 55.6 Å². The van der Waals surface area contributed by atoms with E-state index in [1.165, 1.54) is 0 Å². The summed E-state index contributed by atoms with van der Waals surface area (Å²) in [4.78, 5) is 4.73. The molecule has 1 heterocycles. The van der Waals surface area contributed by atoms with Gasteiger partial charge in [-0.15, -0.1) is 0 Å². The van der Waals surface area contributed by atoms with Crippen LogP contribution in [-0.4, -0.2) is 16.1 Å². The fourth-order valence-corrected chi connectivity index (χ4v) is 2.57. The minimum Gasteiger partial charge on any atom is -0.329 e. The van der Waals surface area contributed by atoms with Crippen LogP contribution in [0.5, 0.6) is 0 Å². The Labute approximate surface area is 123 Å². The van der Waals surface area contributed by atoms with E-state index in [0.717, 1.165) is 22.4 Å². The van der Waals surface area contributed by atoms with Gasteiger partial charge in [0.25, 0.3) is 0 Å². The number of imidazole rings is 1. The standard InChI is InChI=1S/C17H16N4/c1-21-15-10-6-5-9-14(15)20-17(21)16(19-12-11-18)13-7-3-2-4-8-13/h2-10,16,19H,12H2,1H3. The molecule has 0 aliphatic carbocycles. The minimum absolute atomic E-state index is 0.0942. The van der Waals surface area contributed by atoms with E-state index in [4.69, 9.17) is 10.2 Å². The number of benzene rings is 2. The number of hydrogen-bond acceptors (Lipinski definition) is 3. The van der Waals surface area contributed by atoms with Crippen molar-refractivity contribution in [1.82, 2.24) is 14.9 Å². The molecule has 0 amide bonds. The molecule has 1 N–H and O–H groups in total. The number of nitrogens with one attached hydrogen (secondary N) is 1. The fraction of sp³-hybridized carbons (Fsp3) is 0.176. The van der Waals surface area contributed by atoms with E-state index in [2.05, 4.69) is 22.0 Å². The highest BCUT2D eigenvalue weighted by Gasteiger charge is 2.19. The Morgan fingerprint density at radius 2 is 1.86 bits per heavy atom. The zero-order valence-corrected chi connectivity index (χ0v) is 11.8. The smallest absolute Gasteiger partial charge is 0.131 e. The first-order valence-corrected chi connectivity index (χ1v) is 6.88. The van der Waals surface area contributed by atoms with Gasteiger partial charge in [0, 0.05) is 7.05 Å². The van der Waals surface area contributed by atoms with Gasteiger partial charge in [-0.2, -0.15) is 5.26 Å². The number of para-hydroxylation sites is 2. The summed E-state index contributed by atoms with van der Waals surface area (Å²) in [5.74, 6) is 0.914. The van der Waals surface area contributed by atoms with Crippen LogP contribution in [0.1, 0.15) is 17.4 Å². The van der Waals surface area contributed by atoms with Gasteiger partial charge in [-0.05, 0) is 17.7 Å². The van der Waals surface area contributed by atoms with Gasteiger partial charge in [0.2, 0.25) is 0 Å². The van der Waals surface area contributed by atoms with Crippen molar-refractivity contribution < 1.29 is 0 Å². The van der Waals surface area contributed by atoms with E-state index < -0.39 is 0 Å². The number of fused-ring (bicyclic) bond motifs is 1. The predicted octanol–water partition coefficient (Wildman–Crippen LogP) is 2.78. The minimum atomic E-state index is -0.0942. The van der Waals surface area contributed by atoms with Crippen molar-refractivity contribution in [3.8, 4) is 6.07 Å². The van der Waals surface area contributed by atoms with E-state index in [9.17, 15) is 0 Å². The molecule has 0 saturated carbocycles. The molecule has 1 aromatic heterocycles. The molecule has 1 unspecified atom stereocenters. The first-order chi connectivity index (χ1) is 10.3. The summed E-state index contributed by atoms with van der Waals surface area (Å²) in [6.07, 6.45) is 0. The largest absolute Gasteiger partial charge is 0.329 e. The average molecular weight is 276 g/mol. The van der Waals surface area contributed by atoms with Gasteiger partial charge >= 0.3 is 0 Å². The summed E-state index contributed by atoms with van der Waals surface area (Å²) in [5.41, 5.74) is 3.16. The predicted molar refractivity (Wildman–Crippen MR) is 82.6 cm³/mol. The lowest BCUT2D eigenvalue weighted by atomic mass is 10.1. The molecule has 1 atom stereocenters. The van der Waals surface area contributed by atoms with Crippen LogP contribution in [0.4, 0.5) is 0 Å². The second-order valence-electron chi connectivity index (χ2n) is 4.90. The molecule has 0 spiro atoms. The molecule has 3 rings (SSSR count). The van der Waals surface area contributed by atoms with Crippen LogP contribution >= 0.6 is 0 Å². The Bertz CT molecular complexity index is 783. The Morgan fingerprint density at radius 1 is 1.14 bits per heavy atom. The Kier molecular flexibility index (Phi) is 3.67. The Morgan fingerprint density at radius 3 is 2.57 bits per heavy atom. The van der Waals surface area contributed by atoms with Crippen molar-refractivity contribution in [2.45, 2.75) is 6.04 Å². The lowest BCUT2D eigenvalue weighted by Gasteiger charge is -2.17. The summed E-state index contributed by atoms with van der Waals surface area (Å²) in [5, 5.41) is 12.1. The normalized spacial score (nSPS) is 12.2. The lowest BCUT2D eigenvalue weighted by Crippen LogP contribution is -2.25. The van der Waals surface area contributed by atoms with Gasteiger partial charge in [-0.25, -0.2) is 4.98 Å². The molecule has 0 aliphatic rings. The van der Waals surface area contributed by atoms with Crippen molar-refractivity contribution in [2.24, 2.45) is 7.05 Å². The van der Waals surface area contributed by atoms with E-state index in [-0.39, 0.29) is 12.6 Å². The van der Waals surface area contributed by atoms with Gasteiger partial charge in [-0.1, -0.05) is 42.5 Å². The number of nitrogens with zero attached hydrogens (tertiary/aromatic N) is 3. The molecular formula is C17H16N4. The highest BCUT2D eigenvalue weighted by Crippen LogP contribution is 2.24. The quantitative estimate of drug-likeness (QED) is 0.745. The van der Waals surface area contributed by atoms with Crippen LogP contribution < -0.4 is 5.32 Å². The molecule has 0 saturated heterocycles. The third-order valence-corrected chi connectivity index (χ3v) is 3.60. The maximum atomic E-state index is 8.88. The van der Waals surface area contributed by atoms with E-state index in [1.54, 1.807) is 0 Å². The van der Waals surface area contributed by atoms with Crippen molar-refractivity contribution in [3.05, 3.63) is 66.0 Å². The van der Waals surface area contributed by atoms with Crippen molar-refractivity contribution in [1.29, 1.82) is 5.26 Å². The van der Waals surface area contributed by atoms with Crippen LogP contribution in [0.25, 0.3) is 11.0 Å². The van der Waals surface area contributed by atoms with E-state index >= 15 is 0 Å². The van der Waals surface area contributed by atoms with Crippen LogP contribution in [0, 0.1) is 11.3 Å². The zero-order chi connectivity index (χ0) is 14.7. The molecule has 2 aromatic carbocycles. The zero-order valence-electron chi connectivity index (χ0n) is 11.8. The number of rotatable bonds is 4. The van der Waals surface area contributed by atoms with Crippen LogP contribution in [0.3, 0.4) is 0 Å². The molecule has 0 bridgehead atoms. The number of aromatic nitrogens is 2. The number of nitriles is 1. The molecule has 0 fully saturated rings. The first kappa shape index (κ1) is 13.3. The molecule has 0 aliphatic heterocycles. The third-order valence-electron chi connectivity index (χ3n) is 3.60. The van der Waals surface area contributed by atoms with Crippen LogP contribution in [0.2, 0.25) is 0 Å². The Hall–Kier alpha value is -2.64. The summed E-state index contributed by atoms with van der Waals surface area (Å²) in [6.45, 7) is 0.281. The van der Waals surface area contributed by atoms with E-state index in [0.29, 0.717) is 0 Å². The summed E-state index contributed by atoms with van der Waals surface area (Å²) in [7, 11) is 2.01. The summed E-state index contributed by atoms with van der Waals surface area (Å²) >= 11 is 0. The first-order valence-electron chi connectivity index (χ1n) is 6.88. The van der Waals surface area contributed by atoms with Crippen LogP contribution in [-0.2, 0) is 7.05 Å². The SMILES string of the molecule is Cn1c(C(NCC#N)c2ccccc2)nc2ccccc21. The highest BCUT2D eigenvalue weighted by atomic mass is 15.1. The van der Waals surface area contributed by atoms with Gasteiger partial charge in [0.1, 0.15) is 5.82 Å². The molecule has 0 radical (unpaired) electrons. The third kappa shape index (κ3) is 2.51. The summed E-state index contributed by atoms with van der Waals surface area (Å²) < 4.78 is 2.08. The van der Waals surface area contributed by atoms with Gasteiger partial charge in [-0.3, -0.25) is 5.32 Å². The second kappa shape index (κ2) is 5.78. The maximum absolute atomic E-state index is 8.88. The maximum Gasteiger partial charge on any atom is 0.131 e. The summed E-state index contributed by atoms with van der Waals surface area (Å²) in [6, 6.07) is 20.2. The molecule has 104 valence electrons.